The lowest BCUT2D eigenvalue weighted by Gasteiger charge is -2.09. The minimum atomic E-state index is -0.386. The van der Waals surface area contributed by atoms with Gasteiger partial charge in [0.25, 0.3) is 5.91 Å². The van der Waals surface area contributed by atoms with Gasteiger partial charge in [-0.3, -0.25) is 4.79 Å². The van der Waals surface area contributed by atoms with Crippen LogP contribution in [0.1, 0.15) is 40.1 Å². The van der Waals surface area contributed by atoms with Crippen LogP contribution in [0.5, 0.6) is 0 Å². The average Bonchev–Trinajstić information content (AvgIpc) is 2.50. The maximum atomic E-state index is 12.2. The van der Waals surface area contributed by atoms with Gasteiger partial charge in [-0.05, 0) is 62.7 Å². The van der Waals surface area contributed by atoms with Crippen molar-refractivity contribution in [2.75, 3.05) is 5.32 Å². The van der Waals surface area contributed by atoms with Crippen LogP contribution in [0.15, 0.2) is 42.5 Å². The number of aryl methyl sites for hydroxylation is 1. The van der Waals surface area contributed by atoms with Gasteiger partial charge in [-0.15, -0.1) is 0 Å². The number of benzene rings is 2. The first-order valence-electron chi connectivity index (χ1n) is 7.25. The van der Waals surface area contributed by atoms with E-state index in [0.717, 1.165) is 5.56 Å². The molecule has 2 aromatic rings. The highest BCUT2D eigenvalue weighted by Crippen LogP contribution is 2.18. The normalized spacial score (nSPS) is 10.5. The van der Waals surface area contributed by atoms with E-state index in [2.05, 4.69) is 5.32 Å². The molecule has 23 heavy (non-hydrogen) atoms. The molecule has 0 heterocycles. The first kappa shape index (κ1) is 17.0. The Balaban J connectivity index is 2.07. The summed E-state index contributed by atoms with van der Waals surface area (Å²) in [5.41, 5.74) is 2.42. The molecule has 0 aliphatic heterocycles. The number of nitrogens with one attached hydrogen (secondary N) is 1. The summed E-state index contributed by atoms with van der Waals surface area (Å²) in [5.74, 6) is -0.646. The highest BCUT2D eigenvalue weighted by atomic mass is 35.5. The van der Waals surface area contributed by atoms with Crippen LogP contribution in [0.25, 0.3) is 0 Å². The van der Waals surface area contributed by atoms with E-state index < -0.39 is 0 Å². The molecule has 4 nitrogen and oxygen atoms in total. The second-order valence-electron chi connectivity index (χ2n) is 5.45. The van der Waals surface area contributed by atoms with E-state index in [1.165, 1.54) is 0 Å². The van der Waals surface area contributed by atoms with E-state index in [1.54, 1.807) is 56.3 Å². The van der Waals surface area contributed by atoms with E-state index in [0.29, 0.717) is 21.8 Å². The summed E-state index contributed by atoms with van der Waals surface area (Å²) in [6, 6.07) is 11.7. The third-order valence-electron chi connectivity index (χ3n) is 3.16. The monoisotopic (exact) mass is 331 g/mol. The molecule has 2 aromatic carbocycles. The molecule has 0 aliphatic carbocycles. The van der Waals surface area contributed by atoms with Gasteiger partial charge in [0, 0.05) is 16.3 Å². The summed E-state index contributed by atoms with van der Waals surface area (Å²) in [4.78, 5) is 23.9. The average molecular weight is 332 g/mol. The third-order valence-corrected chi connectivity index (χ3v) is 3.56. The Morgan fingerprint density at radius 3 is 2.22 bits per heavy atom. The molecular formula is C18H18ClNO3. The maximum absolute atomic E-state index is 12.2. The van der Waals surface area contributed by atoms with Gasteiger partial charge in [0.1, 0.15) is 0 Å². The Hall–Kier alpha value is -2.33. The molecule has 0 aliphatic rings. The first-order valence-corrected chi connectivity index (χ1v) is 7.63. The number of carbonyl (C=O) groups excluding carboxylic acids is 2. The number of rotatable bonds is 4. The molecule has 0 atom stereocenters. The van der Waals surface area contributed by atoms with Crippen molar-refractivity contribution < 1.29 is 14.3 Å². The van der Waals surface area contributed by atoms with Gasteiger partial charge >= 0.3 is 5.97 Å². The van der Waals surface area contributed by atoms with Crippen LogP contribution >= 0.6 is 11.6 Å². The quantitative estimate of drug-likeness (QED) is 0.841. The Bertz CT molecular complexity index is 724. The SMILES string of the molecule is Cc1ccc(C(=O)Nc2ccc(C(=O)OC(C)C)cc2)cc1Cl. The van der Waals surface area contributed by atoms with Gasteiger partial charge < -0.3 is 10.1 Å². The van der Waals surface area contributed by atoms with Crippen molar-refractivity contribution in [3.8, 4) is 0 Å². The van der Waals surface area contributed by atoms with Crippen LogP contribution in [-0.4, -0.2) is 18.0 Å². The third kappa shape index (κ3) is 4.57. The maximum Gasteiger partial charge on any atom is 0.338 e. The second kappa shape index (κ2) is 7.29. The molecule has 120 valence electrons. The van der Waals surface area contributed by atoms with Crippen molar-refractivity contribution >= 4 is 29.2 Å². The second-order valence-corrected chi connectivity index (χ2v) is 5.86. The zero-order valence-corrected chi connectivity index (χ0v) is 14.0. The standard InChI is InChI=1S/C18H18ClNO3/c1-11(2)23-18(22)13-6-8-15(9-7-13)20-17(21)14-5-4-12(3)16(19)10-14/h4-11H,1-3H3,(H,20,21). The lowest BCUT2D eigenvalue weighted by molar-refractivity contribution is 0.0378. The van der Waals surface area contributed by atoms with Gasteiger partial charge in [-0.25, -0.2) is 4.79 Å². The van der Waals surface area contributed by atoms with Gasteiger partial charge in [-0.2, -0.15) is 0 Å². The summed E-state index contributed by atoms with van der Waals surface area (Å²) in [6.45, 7) is 5.46. The lowest BCUT2D eigenvalue weighted by Crippen LogP contribution is -2.13. The van der Waals surface area contributed by atoms with Crippen LogP contribution in [0, 0.1) is 6.92 Å². The number of anilines is 1. The van der Waals surface area contributed by atoms with Gasteiger partial charge in [0.2, 0.25) is 0 Å². The minimum absolute atomic E-state index is 0.173. The Labute approximate surface area is 140 Å². The number of amides is 1. The molecule has 5 heteroatoms. The van der Waals surface area contributed by atoms with E-state index in [1.807, 2.05) is 6.92 Å². The fourth-order valence-electron chi connectivity index (χ4n) is 1.91. The molecular weight excluding hydrogens is 314 g/mol. The largest absolute Gasteiger partial charge is 0.459 e. The van der Waals surface area contributed by atoms with Crippen LogP contribution < -0.4 is 5.32 Å². The number of carbonyl (C=O) groups is 2. The summed E-state index contributed by atoms with van der Waals surface area (Å²) in [5, 5.41) is 3.31. The summed E-state index contributed by atoms with van der Waals surface area (Å²) >= 11 is 6.03. The zero-order chi connectivity index (χ0) is 17.0. The van der Waals surface area contributed by atoms with Crippen LogP contribution in [0.4, 0.5) is 5.69 Å². The molecule has 0 saturated heterocycles. The zero-order valence-electron chi connectivity index (χ0n) is 13.2. The topological polar surface area (TPSA) is 55.4 Å². The number of halogens is 1. The molecule has 1 N–H and O–H groups in total. The van der Waals surface area contributed by atoms with E-state index in [4.69, 9.17) is 16.3 Å². The highest BCUT2D eigenvalue weighted by molar-refractivity contribution is 6.31. The summed E-state index contributed by atoms with van der Waals surface area (Å²) in [6.07, 6.45) is -0.173. The van der Waals surface area contributed by atoms with E-state index >= 15 is 0 Å². The lowest BCUT2D eigenvalue weighted by atomic mass is 10.1. The van der Waals surface area contributed by atoms with E-state index in [-0.39, 0.29) is 18.0 Å². The van der Waals surface area contributed by atoms with Crippen molar-refractivity contribution in [2.24, 2.45) is 0 Å². The predicted molar refractivity (Wildman–Crippen MR) is 91.1 cm³/mol. The summed E-state index contributed by atoms with van der Waals surface area (Å²) < 4.78 is 5.11. The molecule has 0 radical (unpaired) electrons. The number of hydrogen-bond donors (Lipinski definition) is 1. The van der Waals surface area contributed by atoms with Gasteiger partial charge in [-0.1, -0.05) is 17.7 Å². The van der Waals surface area contributed by atoms with Gasteiger partial charge in [0.05, 0.1) is 11.7 Å². The Morgan fingerprint density at radius 1 is 1.04 bits per heavy atom. The highest BCUT2D eigenvalue weighted by Gasteiger charge is 2.11. The number of esters is 1. The number of ether oxygens (including phenoxy) is 1. The van der Waals surface area contributed by atoms with Crippen LogP contribution in [0.2, 0.25) is 5.02 Å². The van der Waals surface area contributed by atoms with Crippen molar-refractivity contribution in [1.29, 1.82) is 0 Å². The Morgan fingerprint density at radius 2 is 1.65 bits per heavy atom. The molecule has 0 bridgehead atoms. The van der Waals surface area contributed by atoms with E-state index in [9.17, 15) is 9.59 Å². The molecule has 0 spiro atoms. The Kier molecular flexibility index (Phi) is 5.40. The van der Waals surface area contributed by atoms with Crippen molar-refractivity contribution in [3.05, 3.63) is 64.2 Å². The molecule has 0 saturated carbocycles. The van der Waals surface area contributed by atoms with Gasteiger partial charge in [0.15, 0.2) is 0 Å². The molecule has 1 amide bonds. The molecule has 0 aromatic heterocycles. The van der Waals surface area contributed by atoms with Crippen molar-refractivity contribution in [2.45, 2.75) is 26.9 Å². The smallest absolute Gasteiger partial charge is 0.338 e. The predicted octanol–water partition coefficient (Wildman–Crippen LogP) is 4.47. The fourth-order valence-corrected chi connectivity index (χ4v) is 2.09. The first-order chi connectivity index (χ1) is 10.9. The summed E-state index contributed by atoms with van der Waals surface area (Å²) in [7, 11) is 0. The fraction of sp³-hybridized carbons (Fsp3) is 0.222. The molecule has 0 unspecified atom stereocenters. The van der Waals surface area contributed by atoms with Crippen molar-refractivity contribution in [1.82, 2.24) is 0 Å². The number of hydrogen-bond acceptors (Lipinski definition) is 3. The van der Waals surface area contributed by atoms with Crippen LogP contribution in [-0.2, 0) is 4.74 Å². The van der Waals surface area contributed by atoms with Crippen LogP contribution in [0.3, 0.4) is 0 Å². The molecule has 2 rings (SSSR count). The minimum Gasteiger partial charge on any atom is -0.459 e. The van der Waals surface area contributed by atoms with Crippen molar-refractivity contribution in [3.63, 3.8) is 0 Å². The molecule has 0 fully saturated rings.